The summed E-state index contributed by atoms with van der Waals surface area (Å²) in [5.41, 5.74) is 0.430. The lowest BCUT2D eigenvalue weighted by Gasteiger charge is -2.26. The van der Waals surface area contributed by atoms with Gasteiger partial charge in [0.05, 0.1) is 6.61 Å². The molecule has 0 aromatic heterocycles. The molecule has 0 atom stereocenters. The minimum Gasteiger partial charge on any atom is -0.264 e. The van der Waals surface area contributed by atoms with E-state index in [0.29, 0.717) is 12.0 Å². The molecule has 16 heavy (non-hydrogen) atoms. The minimum atomic E-state index is -5.64. The van der Waals surface area contributed by atoms with E-state index in [9.17, 15) is 22.0 Å². The van der Waals surface area contributed by atoms with Crippen LogP contribution in [-0.2, 0) is 4.84 Å². The van der Waals surface area contributed by atoms with Crippen molar-refractivity contribution in [2.45, 2.75) is 32.5 Å². The maximum absolute atomic E-state index is 12.8. The molecule has 1 heterocycles. The van der Waals surface area contributed by atoms with Crippen LogP contribution in [0.2, 0.25) is 0 Å². The van der Waals surface area contributed by atoms with Crippen molar-refractivity contribution in [1.29, 1.82) is 0 Å². The lowest BCUT2D eigenvalue weighted by atomic mass is 10.1. The van der Waals surface area contributed by atoms with Gasteiger partial charge < -0.3 is 0 Å². The van der Waals surface area contributed by atoms with E-state index in [1.807, 2.05) is 13.8 Å². The van der Waals surface area contributed by atoms with Crippen molar-refractivity contribution >= 4 is 0 Å². The fourth-order valence-electron chi connectivity index (χ4n) is 1.32. The Morgan fingerprint density at radius 1 is 1.31 bits per heavy atom. The van der Waals surface area contributed by atoms with E-state index in [2.05, 4.69) is 4.84 Å². The Balaban J connectivity index is 2.75. The SMILES string of the molecule is CC(C)CC1=CN(C(F)(F)C(F)(F)F)OC1. The summed E-state index contributed by atoms with van der Waals surface area (Å²) in [6.07, 6.45) is -4.48. The first-order valence-electron chi connectivity index (χ1n) is 4.71. The van der Waals surface area contributed by atoms with Gasteiger partial charge in [0.25, 0.3) is 0 Å². The molecular weight excluding hydrogens is 233 g/mol. The third-order valence-corrected chi connectivity index (χ3v) is 1.98. The summed E-state index contributed by atoms with van der Waals surface area (Å²) in [4.78, 5) is 4.33. The highest BCUT2D eigenvalue weighted by atomic mass is 19.4. The Morgan fingerprint density at radius 3 is 2.31 bits per heavy atom. The first-order chi connectivity index (χ1) is 7.14. The topological polar surface area (TPSA) is 12.5 Å². The number of hydroxylamine groups is 2. The van der Waals surface area contributed by atoms with Crippen molar-refractivity contribution in [3.05, 3.63) is 11.8 Å². The molecule has 0 aromatic carbocycles. The Labute approximate surface area is 89.6 Å². The molecule has 0 amide bonds. The molecule has 0 unspecified atom stereocenters. The van der Waals surface area contributed by atoms with Crippen LogP contribution < -0.4 is 0 Å². The average Bonchev–Trinajstić information content (AvgIpc) is 2.49. The highest BCUT2D eigenvalue weighted by molar-refractivity contribution is 5.06. The van der Waals surface area contributed by atoms with E-state index in [1.165, 1.54) is 0 Å². The molecule has 1 aliphatic rings. The molecular formula is C9H12F5NO. The Morgan fingerprint density at radius 2 is 1.88 bits per heavy atom. The maximum atomic E-state index is 12.8. The van der Waals surface area contributed by atoms with Crippen molar-refractivity contribution < 1.29 is 26.8 Å². The second-order valence-electron chi connectivity index (χ2n) is 4.02. The summed E-state index contributed by atoms with van der Waals surface area (Å²) in [7, 11) is 0. The summed E-state index contributed by atoms with van der Waals surface area (Å²) in [5.74, 6) is 0.175. The number of alkyl halides is 5. The predicted octanol–water partition coefficient (Wildman–Crippen LogP) is 3.32. The molecule has 7 heteroatoms. The van der Waals surface area contributed by atoms with Gasteiger partial charge >= 0.3 is 12.2 Å². The van der Waals surface area contributed by atoms with Crippen molar-refractivity contribution in [1.82, 2.24) is 5.06 Å². The zero-order valence-electron chi connectivity index (χ0n) is 8.81. The van der Waals surface area contributed by atoms with Crippen LogP contribution in [-0.4, -0.2) is 23.9 Å². The summed E-state index contributed by atoms with van der Waals surface area (Å²) >= 11 is 0. The van der Waals surface area contributed by atoms with Crippen LogP contribution in [0.15, 0.2) is 11.8 Å². The van der Waals surface area contributed by atoms with Gasteiger partial charge in [-0.2, -0.15) is 27.0 Å². The van der Waals surface area contributed by atoms with E-state index < -0.39 is 17.3 Å². The molecule has 1 aliphatic heterocycles. The van der Waals surface area contributed by atoms with Gasteiger partial charge in [0.1, 0.15) is 0 Å². The molecule has 0 spiro atoms. The van der Waals surface area contributed by atoms with E-state index in [1.54, 1.807) is 0 Å². The van der Waals surface area contributed by atoms with E-state index in [4.69, 9.17) is 0 Å². The predicted molar refractivity (Wildman–Crippen MR) is 46.3 cm³/mol. The molecule has 0 radical (unpaired) electrons. The summed E-state index contributed by atoms with van der Waals surface area (Å²) in [5, 5.41) is -0.412. The Hall–Kier alpha value is -0.850. The van der Waals surface area contributed by atoms with Gasteiger partial charge in [0.2, 0.25) is 0 Å². The number of hydrogen-bond donors (Lipinski definition) is 0. The first kappa shape index (κ1) is 13.2. The second kappa shape index (κ2) is 4.20. The van der Waals surface area contributed by atoms with Gasteiger partial charge in [-0.15, -0.1) is 0 Å². The van der Waals surface area contributed by atoms with Crippen LogP contribution in [0.4, 0.5) is 22.0 Å². The zero-order chi connectivity index (χ0) is 12.6. The van der Waals surface area contributed by atoms with E-state index in [0.717, 1.165) is 6.20 Å². The standard InChI is InChI=1S/C9H12F5NO/c1-6(2)3-7-4-15(16-5-7)9(13,14)8(10,11)12/h4,6H,3,5H2,1-2H3. The van der Waals surface area contributed by atoms with Crippen LogP contribution >= 0.6 is 0 Å². The zero-order valence-corrected chi connectivity index (χ0v) is 8.81. The van der Waals surface area contributed by atoms with Gasteiger partial charge in [-0.25, -0.2) is 0 Å². The van der Waals surface area contributed by atoms with Gasteiger partial charge in [0.15, 0.2) is 0 Å². The summed E-state index contributed by atoms with van der Waals surface area (Å²) in [6, 6.07) is -4.98. The third kappa shape index (κ3) is 2.63. The first-order valence-corrected chi connectivity index (χ1v) is 4.71. The Bertz CT molecular complexity index is 284. The number of rotatable bonds is 3. The maximum Gasteiger partial charge on any atom is 0.477 e. The molecule has 0 saturated carbocycles. The van der Waals surface area contributed by atoms with Gasteiger partial charge in [-0.1, -0.05) is 13.8 Å². The molecule has 0 aliphatic carbocycles. The van der Waals surface area contributed by atoms with Crippen molar-refractivity contribution in [3.8, 4) is 0 Å². The smallest absolute Gasteiger partial charge is 0.264 e. The molecule has 94 valence electrons. The lowest BCUT2D eigenvalue weighted by molar-refractivity contribution is -0.391. The molecule has 2 nitrogen and oxygen atoms in total. The highest BCUT2D eigenvalue weighted by Gasteiger charge is 2.63. The number of nitrogens with zero attached hydrogens (tertiary/aromatic N) is 1. The third-order valence-electron chi connectivity index (χ3n) is 1.98. The van der Waals surface area contributed by atoms with Crippen LogP contribution in [0.5, 0.6) is 0 Å². The normalized spacial score (nSPS) is 18.2. The fraction of sp³-hybridized carbons (Fsp3) is 0.778. The average molecular weight is 245 g/mol. The van der Waals surface area contributed by atoms with E-state index in [-0.39, 0.29) is 12.5 Å². The molecule has 0 bridgehead atoms. The fourth-order valence-corrected chi connectivity index (χ4v) is 1.32. The molecule has 1 rings (SSSR count). The highest BCUT2D eigenvalue weighted by Crippen LogP contribution is 2.40. The number of hydrogen-bond acceptors (Lipinski definition) is 2. The van der Waals surface area contributed by atoms with Crippen molar-refractivity contribution in [3.63, 3.8) is 0 Å². The summed E-state index contributed by atoms with van der Waals surface area (Å²) in [6.45, 7) is 3.46. The minimum absolute atomic E-state index is 0.175. The molecule has 0 aromatic rings. The molecule has 0 saturated heterocycles. The lowest BCUT2D eigenvalue weighted by Crippen LogP contribution is -2.48. The summed E-state index contributed by atoms with van der Waals surface area (Å²) < 4.78 is 61.5. The van der Waals surface area contributed by atoms with Crippen LogP contribution in [0, 0.1) is 5.92 Å². The van der Waals surface area contributed by atoms with Crippen LogP contribution in [0.25, 0.3) is 0 Å². The largest absolute Gasteiger partial charge is 0.477 e. The molecule has 0 fully saturated rings. The van der Waals surface area contributed by atoms with Crippen molar-refractivity contribution in [2.24, 2.45) is 5.92 Å². The van der Waals surface area contributed by atoms with Crippen molar-refractivity contribution in [2.75, 3.05) is 6.61 Å². The van der Waals surface area contributed by atoms with Gasteiger partial charge in [-0.05, 0) is 17.9 Å². The quantitative estimate of drug-likeness (QED) is 0.558. The molecule has 0 N–H and O–H groups in total. The van der Waals surface area contributed by atoms with Gasteiger partial charge in [0, 0.05) is 6.20 Å². The second-order valence-corrected chi connectivity index (χ2v) is 4.02. The monoisotopic (exact) mass is 245 g/mol. The van der Waals surface area contributed by atoms with Gasteiger partial charge in [-0.3, -0.25) is 4.84 Å². The Kier molecular flexibility index (Phi) is 3.47. The number of halogens is 5. The van der Waals surface area contributed by atoms with Crippen LogP contribution in [0.1, 0.15) is 20.3 Å². The van der Waals surface area contributed by atoms with E-state index >= 15 is 0 Å². The van der Waals surface area contributed by atoms with Crippen LogP contribution in [0.3, 0.4) is 0 Å².